The van der Waals surface area contributed by atoms with Gasteiger partial charge >= 0.3 is 0 Å². The summed E-state index contributed by atoms with van der Waals surface area (Å²) in [6.45, 7) is 0.514. The maximum Gasteiger partial charge on any atom is 0.273 e. The van der Waals surface area contributed by atoms with E-state index in [4.69, 9.17) is 10.3 Å². The van der Waals surface area contributed by atoms with Gasteiger partial charge in [-0.15, -0.1) is 10.2 Å². The quantitative estimate of drug-likeness (QED) is 0.399. The second-order valence-corrected chi connectivity index (χ2v) is 4.30. The number of quaternary nitrogens is 1. The molecule has 2 aromatic rings. The molecule has 0 aliphatic carbocycles. The zero-order chi connectivity index (χ0) is 11.6. The third-order valence-electron chi connectivity index (χ3n) is 2.03. The zero-order valence-electron chi connectivity index (χ0n) is 9.80. The fourth-order valence-electron chi connectivity index (χ4n) is 1.36. The van der Waals surface area contributed by atoms with Crippen molar-refractivity contribution in [3.8, 4) is 11.5 Å². The minimum absolute atomic E-state index is 0. The van der Waals surface area contributed by atoms with Crippen LogP contribution in [0.5, 0.6) is 0 Å². The molecule has 0 aliphatic rings. The second-order valence-electron chi connectivity index (χ2n) is 4.30. The predicted octanol–water partition coefficient (Wildman–Crippen LogP) is -1.81. The van der Waals surface area contributed by atoms with E-state index in [9.17, 15) is 0 Å². The molecule has 1 heterocycles. The molecule has 1 aromatic carbocycles. The summed E-state index contributed by atoms with van der Waals surface area (Å²) in [7, 11) is 3.73. The van der Waals surface area contributed by atoms with E-state index in [1.165, 1.54) is 0 Å². The zero-order valence-corrected chi connectivity index (χ0v) is 10.6. The predicted molar refractivity (Wildman–Crippen MR) is 59.7 cm³/mol. The molecule has 0 aliphatic heterocycles. The van der Waals surface area contributed by atoms with Crippen LogP contribution in [-0.4, -0.2) is 28.9 Å². The Morgan fingerprint density at radius 1 is 1.18 bits per heavy atom. The molecule has 6 heteroatoms. The van der Waals surface area contributed by atoms with E-state index in [0.717, 1.165) is 5.56 Å². The Kier molecular flexibility index (Phi) is 4.22. The SMILES string of the molecule is C[N+](C)(N)Cc1nnc(-c2ccccc2)o1.[Cl-]. The Morgan fingerprint density at radius 2 is 1.82 bits per heavy atom. The lowest BCUT2D eigenvalue weighted by Gasteiger charge is -2.19. The molecule has 1 aromatic heterocycles. The molecular weight excluding hydrogens is 240 g/mol. The average Bonchev–Trinajstić information content (AvgIpc) is 2.65. The Hall–Kier alpha value is -1.43. The molecule has 0 saturated heterocycles. The van der Waals surface area contributed by atoms with Crippen molar-refractivity contribution in [2.45, 2.75) is 6.54 Å². The van der Waals surface area contributed by atoms with Crippen LogP contribution < -0.4 is 18.2 Å². The first-order valence-corrected chi connectivity index (χ1v) is 5.04. The van der Waals surface area contributed by atoms with Gasteiger partial charge in [-0.05, 0) is 12.1 Å². The third kappa shape index (κ3) is 3.81. The monoisotopic (exact) mass is 254 g/mol. The highest BCUT2D eigenvalue weighted by Gasteiger charge is 2.16. The van der Waals surface area contributed by atoms with Crippen LogP contribution in [0.4, 0.5) is 0 Å². The molecule has 0 amide bonds. The van der Waals surface area contributed by atoms with Crippen LogP contribution in [-0.2, 0) is 6.54 Å². The van der Waals surface area contributed by atoms with Crippen molar-refractivity contribution < 1.29 is 21.4 Å². The summed E-state index contributed by atoms with van der Waals surface area (Å²) in [6, 6.07) is 9.67. The van der Waals surface area contributed by atoms with Crippen molar-refractivity contribution in [3.63, 3.8) is 0 Å². The summed E-state index contributed by atoms with van der Waals surface area (Å²) in [5.41, 5.74) is 0.920. The van der Waals surface area contributed by atoms with Crippen molar-refractivity contribution in [1.29, 1.82) is 0 Å². The Balaban J connectivity index is 0.00000144. The first kappa shape index (κ1) is 13.6. The molecule has 0 fully saturated rings. The minimum Gasteiger partial charge on any atom is -1.00 e. The van der Waals surface area contributed by atoms with Crippen LogP contribution in [0.3, 0.4) is 0 Å². The summed E-state index contributed by atoms with van der Waals surface area (Å²) in [5, 5.41) is 7.95. The molecule has 0 saturated carbocycles. The van der Waals surface area contributed by atoms with Gasteiger partial charge in [-0.3, -0.25) is 0 Å². The number of nitrogens with two attached hydrogens (primary N) is 1. The minimum atomic E-state index is 0. The molecule has 5 nitrogen and oxygen atoms in total. The first-order chi connectivity index (χ1) is 7.54. The van der Waals surface area contributed by atoms with Gasteiger partial charge in [0, 0.05) is 5.56 Å². The van der Waals surface area contributed by atoms with E-state index in [-0.39, 0.29) is 17.0 Å². The fourth-order valence-corrected chi connectivity index (χ4v) is 1.36. The Labute approximate surface area is 106 Å². The van der Waals surface area contributed by atoms with Gasteiger partial charge < -0.3 is 16.8 Å². The Morgan fingerprint density at radius 3 is 2.41 bits per heavy atom. The van der Waals surface area contributed by atoms with Crippen LogP contribution in [0.25, 0.3) is 11.5 Å². The van der Waals surface area contributed by atoms with Gasteiger partial charge in [0.15, 0.2) is 6.54 Å². The number of rotatable bonds is 3. The molecule has 0 spiro atoms. The highest BCUT2D eigenvalue weighted by Crippen LogP contribution is 2.17. The molecular formula is C11H15ClN4O. The van der Waals surface area contributed by atoms with E-state index in [0.29, 0.717) is 18.3 Å². The van der Waals surface area contributed by atoms with Crippen LogP contribution >= 0.6 is 0 Å². The van der Waals surface area contributed by atoms with Crippen LogP contribution in [0.1, 0.15) is 5.89 Å². The van der Waals surface area contributed by atoms with E-state index in [1.54, 1.807) is 0 Å². The summed E-state index contributed by atoms with van der Waals surface area (Å²) < 4.78 is 5.80. The van der Waals surface area contributed by atoms with Gasteiger partial charge in [0.1, 0.15) is 0 Å². The van der Waals surface area contributed by atoms with Crippen molar-refractivity contribution in [2.24, 2.45) is 5.84 Å². The van der Waals surface area contributed by atoms with Gasteiger partial charge in [0.2, 0.25) is 5.89 Å². The lowest BCUT2D eigenvalue weighted by atomic mass is 10.2. The maximum atomic E-state index is 5.83. The number of aromatic nitrogens is 2. The lowest BCUT2D eigenvalue weighted by molar-refractivity contribution is -0.916. The highest BCUT2D eigenvalue weighted by atomic mass is 35.5. The van der Waals surface area contributed by atoms with Gasteiger partial charge in [0.05, 0.1) is 14.1 Å². The largest absolute Gasteiger partial charge is 1.00 e. The van der Waals surface area contributed by atoms with Gasteiger partial charge in [-0.2, -0.15) is 5.84 Å². The summed E-state index contributed by atoms with van der Waals surface area (Å²) in [6.07, 6.45) is 0. The van der Waals surface area contributed by atoms with Gasteiger partial charge in [-0.25, -0.2) is 4.59 Å². The fraction of sp³-hybridized carbons (Fsp3) is 0.273. The standard InChI is InChI=1S/C11H15N4O.ClH/c1-15(2,12)8-10-13-14-11(16-10)9-6-4-3-5-7-9;/h3-7H,8,12H2,1-2H3;1H/q+1;/p-1. The maximum absolute atomic E-state index is 5.83. The number of halogens is 1. The van der Waals surface area contributed by atoms with E-state index in [2.05, 4.69) is 10.2 Å². The van der Waals surface area contributed by atoms with Crippen molar-refractivity contribution >= 4 is 0 Å². The normalized spacial score (nSPS) is 11.0. The highest BCUT2D eigenvalue weighted by molar-refractivity contribution is 5.51. The molecule has 0 unspecified atom stereocenters. The lowest BCUT2D eigenvalue weighted by Crippen LogP contribution is -3.00. The molecule has 0 radical (unpaired) electrons. The average molecular weight is 255 g/mol. The molecule has 92 valence electrons. The second kappa shape index (κ2) is 5.27. The summed E-state index contributed by atoms with van der Waals surface area (Å²) in [4.78, 5) is 0. The smallest absolute Gasteiger partial charge is 0.273 e. The molecule has 0 bridgehead atoms. The van der Waals surface area contributed by atoms with E-state index >= 15 is 0 Å². The van der Waals surface area contributed by atoms with Gasteiger partial charge in [0.25, 0.3) is 5.89 Å². The van der Waals surface area contributed by atoms with Crippen molar-refractivity contribution in [1.82, 2.24) is 10.2 Å². The molecule has 17 heavy (non-hydrogen) atoms. The summed E-state index contributed by atoms with van der Waals surface area (Å²) in [5.74, 6) is 6.90. The Bertz CT molecular complexity index is 464. The van der Waals surface area contributed by atoms with Crippen LogP contribution in [0.2, 0.25) is 0 Å². The van der Waals surface area contributed by atoms with E-state index in [1.807, 2.05) is 44.4 Å². The number of nitrogens with zero attached hydrogens (tertiary/aromatic N) is 3. The van der Waals surface area contributed by atoms with E-state index < -0.39 is 0 Å². The van der Waals surface area contributed by atoms with Crippen LogP contribution in [0.15, 0.2) is 34.7 Å². The van der Waals surface area contributed by atoms with Crippen molar-refractivity contribution in [2.75, 3.05) is 14.1 Å². The topological polar surface area (TPSA) is 64.9 Å². The number of hydrogen-bond acceptors (Lipinski definition) is 4. The third-order valence-corrected chi connectivity index (χ3v) is 2.03. The molecule has 2 rings (SSSR count). The number of hydrogen-bond donors (Lipinski definition) is 1. The van der Waals surface area contributed by atoms with Crippen molar-refractivity contribution in [3.05, 3.63) is 36.2 Å². The van der Waals surface area contributed by atoms with Crippen LogP contribution in [0, 0.1) is 0 Å². The number of benzene rings is 1. The van der Waals surface area contributed by atoms with Gasteiger partial charge in [-0.1, -0.05) is 18.2 Å². The first-order valence-electron chi connectivity index (χ1n) is 5.04. The molecule has 0 atom stereocenters. The summed E-state index contributed by atoms with van der Waals surface area (Å²) >= 11 is 0. The molecule has 2 N–H and O–H groups in total.